The lowest BCUT2D eigenvalue weighted by Crippen LogP contribution is -2.57. The number of rotatable bonds is 2. The van der Waals surface area contributed by atoms with Crippen LogP contribution < -0.4 is 16.0 Å². The lowest BCUT2D eigenvalue weighted by Gasteiger charge is -2.34. The molecule has 0 aromatic heterocycles. The van der Waals surface area contributed by atoms with Gasteiger partial charge in [0.05, 0.1) is 6.54 Å². The number of hydrogen-bond acceptors (Lipinski definition) is 4. The second-order valence-corrected chi connectivity index (χ2v) is 4.19. The van der Waals surface area contributed by atoms with Crippen LogP contribution in [-0.2, 0) is 16.1 Å². The van der Waals surface area contributed by atoms with Crippen molar-refractivity contribution in [1.29, 1.82) is 0 Å². The van der Waals surface area contributed by atoms with Gasteiger partial charge in [0.15, 0.2) is 0 Å². The molecule has 1 atom stereocenters. The molecule has 1 aliphatic rings. The van der Waals surface area contributed by atoms with Gasteiger partial charge in [-0.05, 0) is 30.7 Å². The molecule has 2 amide bonds. The van der Waals surface area contributed by atoms with Crippen LogP contribution in [0.2, 0.25) is 0 Å². The molecule has 0 spiro atoms. The van der Waals surface area contributed by atoms with E-state index in [9.17, 15) is 14.0 Å². The van der Waals surface area contributed by atoms with Crippen LogP contribution in [0.5, 0.6) is 0 Å². The number of carbonyl (C=O) groups is 2. The van der Waals surface area contributed by atoms with Crippen LogP contribution in [0.15, 0.2) is 18.2 Å². The minimum absolute atomic E-state index is 0.0611. The van der Waals surface area contributed by atoms with Gasteiger partial charge in [-0.3, -0.25) is 14.9 Å². The standard InChI is InChI=1S/C12H14FN3O2/c1-7-12(18)15-11(17)6-16(7)10-3-2-9(13)4-8(10)5-14/h2-4,7H,5-6,14H2,1H3,(H,15,17,18). The molecule has 96 valence electrons. The topological polar surface area (TPSA) is 75.4 Å². The smallest absolute Gasteiger partial charge is 0.249 e. The number of imide groups is 1. The third-order valence-corrected chi connectivity index (χ3v) is 2.99. The number of piperazine rings is 1. The fraction of sp³-hybridized carbons (Fsp3) is 0.333. The number of nitrogens with one attached hydrogen (secondary N) is 1. The predicted molar refractivity (Wildman–Crippen MR) is 64.2 cm³/mol. The minimum atomic E-state index is -0.488. The Bertz CT molecular complexity index is 504. The largest absolute Gasteiger partial charge is 0.350 e. The summed E-state index contributed by atoms with van der Waals surface area (Å²) in [6, 6.07) is 3.66. The van der Waals surface area contributed by atoms with Crippen molar-refractivity contribution in [2.75, 3.05) is 11.4 Å². The summed E-state index contributed by atoms with van der Waals surface area (Å²) in [7, 11) is 0. The summed E-state index contributed by atoms with van der Waals surface area (Å²) in [4.78, 5) is 24.6. The number of anilines is 1. The van der Waals surface area contributed by atoms with Crippen molar-refractivity contribution < 1.29 is 14.0 Å². The van der Waals surface area contributed by atoms with E-state index in [0.29, 0.717) is 11.3 Å². The summed E-state index contributed by atoms with van der Waals surface area (Å²) in [6.07, 6.45) is 0. The van der Waals surface area contributed by atoms with E-state index in [-0.39, 0.29) is 30.7 Å². The average molecular weight is 251 g/mol. The zero-order chi connectivity index (χ0) is 13.3. The van der Waals surface area contributed by atoms with Crippen LogP contribution in [-0.4, -0.2) is 24.4 Å². The van der Waals surface area contributed by atoms with Crippen LogP contribution >= 0.6 is 0 Å². The molecule has 0 bridgehead atoms. The lowest BCUT2D eigenvalue weighted by atomic mass is 10.1. The predicted octanol–water partition coefficient (Wildman–Crippen LogP) is 0.136. The van der Waals surface area contributed by atoms with Crippen molar-refractivity contribution in [2.45, 2.75) is 19.5 Å². The van der Waals surface area contributed by atoms with Crippen molar-refractivity contribution in [3.8, 4) is 0 Å². The highest BCUT2D eigenvalue weighted by Gasteiger charge is 2.31. The van der Waals surface area contributed by atoms with Gasteiger partial charge in [-0.1, -0.05) is 0 Å². The highest BCUT2D eigenvalue weighted by atomic mass is 19.1. The Hall–Kier alpha value is -1.95. The first-order valence-corrected chi connectivity index (χ1v) is 5.61. The first kappa shape index (κ1) is 12.5. The van der Waals surface area contributed by atoms with E-state index < -0.39 is 6.04 Å². The second-order valence-electron chi connectivity index (χ2n) is 4.19. The quantitative estimate of drug-likeness (QED) is 0.733. The van der Waals surface area contributed by atoms with E-state index in [1.54, 1.807) is 17.9 Å². The second kappa shape index (κ2) is 4.73. The number of nitrogens with two attached hydrogens (primary N) is 1. The van der Waals surface area contributed by atoms with E-state index >= 15 is 0 Å². The number of hydrogen-bond donors (Lipinski definition) is 2. The maximum absolute atomic E-state index is 13.1. The Morgan fingerprint density at radius 1 is 1.50 bits per heavy atom. The first-order chi connectivity index (χ1) is 8.52. The zero-order valence-electron chi connectivity index (χ0n) is 9.94. The van der Waals surface area contributed by atoms with Crippen LogP contribution in [0.1, 0.15) is 12.5 Å². The molecule has 2 rings (SSSR count). The Balaban J connectivity index is 2.40. The normalized spacial score (nSPS) is 19.9. The molecular weight excluding hydrogens is 237 g/mol. The van der Waals surface area contributed by atoms with Crippen LogP contribution in [0.25, 0.3) is 0 Å². The number of nitrogens with zero attached hydrogens (tertiary/aromatic N) is 1. The molecule has 1 unspecified atom stereocenters. The highest BCUT2D eigenvalue weighted by molar-refractivity contribution is 6.04. The Kier molecular flexibility index (Phi) is 3.29. The van der Waals surface area contributed by atoms with Crippen molar-refractivity contribution >= 4 is 17.5 Å². The van der Waals surface area contributed by atoms with Gasteiger partial charge in [-0.25, -0.2) is 4.39 Å². The zero-order valence-corrected chi connectivity index (χ0v) is 9.94. The van der Waals surface area contributed by atoms with Crippen molar-refractivity contribution in [3.05, 3.63) is 29.6 Å². The summed E-state index contributed by atoms with van der Waals surface area (Å²) < 4.78 is 13.1. The Labute approximate surface area is 104 Å². The number of amides is 2. The fourth-order valence-corrected chi connectivity index (χ4v) is 2.01. The van der Waals surface area contributed by atoms with E-state index in [1.807, 2.05) is 0 Å². The Morgan fingerprint density at radius 3 is 2.89 bits per heavy atom. The summed E-state index contributed by atoms with van der Waals surface area (Å²) in [5, 5.41) is 2.25. The molecule has 6 heteroatoms. The van der Waals surface area contributed by atoms with Gasteiger partial charge in [-0.15, -0.1) is 0 Å². The highest BCUT2D eigenvalue weighted by Crippen LogP contribution is 2.24. The molecule has 0 aliphatic carbocycles. The summed E-state index contributed by atoms with van der Waals surface area (Å²) in [5.74, 6) is -1.12. The summed E-state index contributed by atoms with van der Waals surface area (Å²) in [6.45, 7) is 1.89. The third-order valence-electron chi connectivity index (χ3n) is 2.99. The molecule has 1 aliphatic heterocycles. The number of carbonyl (C=O) groups excluding carboxylic acids is 2. The van der Waals surface area contributed by atoms with Gasteiger partial charge in [0, 0.05) is 12.2 Å². The van der Waals surface area contributed by atoms with E-state index in [2.05, 4.69) is 5.32 Å². The maximum atomic E-state index is 13.1. The monoisotopic (exact) mass is 251 g/mol. The SMILES string of the molecule is CC1C(=O)NC(=O)CN1c1ccc(F)cc1CN. The molecule has 1 heterocycles. The van der Waals surface area contributed by atoms with Crippen molar-refractivity contribution in [2.24, 2.45) is 5.73 Å². The van der Waals surface area contributed by atoms with Gasteiger partial charge < -0.3 is 10.6 Å². The van der Waals surface area contributed by atoms with Gasteiger partial charge in [0.1, 0.15) is 11.9 Å². The molecule has 18 heavy (non-hydrogen) atoms. The molecule has 1 aromatic carbocycles. The number of halogens is 1. The molecular formula is C12H14FN3O2. The molecule has 1 saturated heterocycles. The molecule has 0 saturated carbocycles. The van der Waals surface area contributed by atoms with E-state index in [0.717, 1.165) is 0 Å². The number of benzene rings is 1. The minimum Gasteiger partial charge on any atom is -0.350 e. The average Bonchev–Trinajstić information content (AvgIpc) is 2.34. The van der Waals surface area contributed by atoms with E-state index in [1.165, 1.54) is 12.1 Å². The lowest BCUT2D eigenvalue weighted by molar-refractivity contribution is -0.132. The first-order valence-electron chi connectivity index (χ1n) is 5.61. The molecule has 1 aromatic rings. The third kappa shape index (κ3) is 2.19. The molecule has 3 N–H and O–H groups in total. The van der Waals surface area contributed by atoms with Gasteiger partial charge in [0.25, 0.3) is 0 Å². The summed E-state index contributed by atoms with van der Waals surface area (Å²) >= 11 is 0. The van der Waals surface area contributed by atoms with Crippen molar-refractivity contribution in [3.63, 3.8) is 0 Å². The van der Waals surface area contributed by atoms with Crippen molar-refractivity contribution in [1.82, 2.24) is 5.32 Å². The molecule has 0 radical (unpaired) electrons. The van der Waals surface area contributed by atoms with Gasteiger partial charge in [0.2, 0.25) is 11.8 Å². The van der Waals surface area contributed by atoms with E-state index in [4.69, 9.17) is 5.73 Å². The molecule has 5 nitrogen and oxygen atoms in total. The van der Waals surface area contributed by atoms with Gasteiger partial charge in [-0.2, -0.15) is 0 Å². The summed E-state index contributed by atoms with van der Waals surface area (Å²) in [5.41, 5.74) is 6.76. The van der Waals surface area contributed by atoms with Gasteiger partial charge >= 0.3 is 0 Å². The fourth-order valence-electron chi connectivity index (χ4n) is 2.01. The maximum Gasteiger partial charge on any atom is 0.249 e. The van der Waals surface area contributed by atoms with Crippen LogP contribution in [0.3, 0.4) is 0 Å². The molecule has 1 fully saturated rings. The Morgan fingerprint density at radius 2 is 2.22 bits per heavy atom. The van der Waals surface area contributed by atoms with Crippen LogP contribution in [0.4, 0.5) is 10.1 Å². The van der Waals surface area contributed by atoms with Crippen LogP contribution in [0, 0.1) is 5.82 Å².